The van der Waals surface area contributed by atoms with E-state index in [-0.39, 0.29) is 33.8 Å². The van der Waals surface area contributed by atoms with Gasteiger partial charge < -0.3 is 9.47 Å². The van der Waals surface area contributed by atoms with E-state index in [9.17, 15) is 0 Å². The van der Waals surface area contributed by atoms with Gasteiger partial charge in [-0.25, -0.2) is 0 Å². The van der Waals surface area contributed by atoms with Gasteiger partial charge in [-0.2, -0.15) is 0 Å². The molecular weight excluding hydrogens is 1130 g/mol. The minimum absolute atomic E-state index is 0.0200. The lowest BCUT2D eigenvalue weighted by molar-refractivity contribution is 0.568. The van der Waals surface area contributed by atoms with Crippen molar-refractivity contribution >= 4 is 95.3 Å². The summed E-state index contributed by atoms with van der Waals surface area (Å²) in [6.45, 7) is 35.1. The average molecular weight is 1210 g/mol. The lowest BCUT2D eigenvalue weighted by atomic mass is 9.34. The predicted octanol–water partition coefficient (Wildman–Crippen LogP) is 23.0. The molecule has 15 rings (SSSR count). The first-order valence-electron chi connectivity index (χ1n) is 33.2. The van der Waals surface area contributed by atoms with Crippen molar-refractivity contribution in [1.82, 2.24) is 4.57 Å². The molecule has 0 radical (unpaired) electrons. The maximum atomic E-state index is 2.72. The average Bonchev–Trinajstić information content (AvgIpc) is 0.846. The zero-order valence-electron chi connectivity index (χ0n) is 56.3. The molecule has 12 aromatic carbocycles. The largest absolute Gasteiger partial charge is 0.310 e. The number of hydrogen-bond donors (Lipinski definition) is 0. The Balaban J connectivity index is 1.10. The van der Waals surface area contributed by atoms with Crippen molar-refractivity contribution in [2.24, 2.45) is 0 Å². The lowest BCUT2D eigenvalue weighted by Gasteiger charge is -2.42. The molecule has 0 amide bonds. The van der Waals surface area contributed by atoms with Crippen molar-refractivity contribution in [3.63, 3.8) is 0 Å². The van der Waals surface area contributed by atoms with E-state index in [2.05, 4.69) is 344 Å². The first-order valence-corrected chi connectivity index (χ1v) is 34.0. The van der Waals surface area contributed by atoms with Crippen molar-refractivity contribution < 1.29 is 0 Å². The Labute approximate surface area is 550 Å². The summed E-state index contributed by atoms with van der Waals surface area (Å²) in [6.07, 6.45) is 0. The summed E-state index contributed by atoms with van der Waals surface area (Å²) in [7, 11) is 0. The number of benzene rings is 12. The van der Waals surface area contributed by atoms with Gasteiger partial charge in [-0.3, -0.25) is 0 Å². The van der Waals surface area contributed by atoms with Gasteiger partial charge in [-0.05, 0) is 163 Å². The molecule has 0 atom stereocenters. The van der Waals surface area contributed by atoms with Crippen molar-refractivity contribution in [3.05, 3.63) is 258 Å². The summed E-state index contributed by atoms with van der Waals surface area (Å²) in [5.41, 5.74) is 27.3. The van der Waals surface area contributed by atoms with Crippen molar-refractivity contribution in [2.75, 3.05) is 4.90 Å². The fourth-order valence-corrected chi connectivity index (χ4v) is 15.8. The molecule has 2 nitrogen and oxygen atoms in total. The molecule has 0 saturated heterocycles. The highest BCUT2D eigenvalue weighted by Gasteiger charge is 2.43. The summed E-state index contributed by atoms with van der Waals surface area (Å²) in [5, 5.41) is 7.41. The maximum Gasteiger partial charge on any atom is 0.249 e. The van der Waals surface area contributed by atoms with Crippen LogP contribution in [-0.4, -0.2) is 11.3 Å². The van der Waals surface area contributed by atoms with Crippen molar-refractivity contribution in [2.45, 2.75) is 141 Å². The third-order valence-electron chi connectivity index (χ3n) is 20.0. The van der Waals surface area contributed by atoms with Crippen molar-refractivity contribution in [1.29, 1.82) is 0 Å². The SMILES string of the molecule is CC(C)(C)c1cc(-c2ccc3c(c2)B2c4cc(-c5cc(C(C)(C)C)cc(C(C)(C)C)c5)ccc4N(c4c(-c5cccc6ccccc56)cccc4-c4cccc5ccccc45)c4cc(-n5c6ccccc6c6cc(C(C)(C)C)ccc65)cc(c42)S3)cc(C(C)(C)C)c1. The molecule has 0 saturated carbocycles. The van der Waals surface area contributed by atoms with Crippen LogP contribution in [0.3, 0.4) is 0 Å². The van der Waals surface area contributed by atoms with Crippen LogP contribution in [0.2, 0.25) is 0 Å². The molecule has 1 aromatic heterocycles. The molecule has 2 aliphatic heterocycles. The van der Waals surface area contributed by atoms with Crippen LogP contribution < -0.4 is 21.3 Å². The predicted molar refractivity (Wildman–Crippen MR) is 401 cm³/mol. The van der Waals surface area contributed by atoms with Gasteiger partial charge in [0.25, 0.3) is 0 Å². The van der Waals surface area contributed by atoms with Crippen LogP contribution in [0, 0.1) is 0 Å². The summed E-state index contributed by atoms with van der Waals surface area (Å²) < 4.78 is 2.56. The first kappa shape index (κ1) is 59.5. The number of para-hydroxylation sites is 2. The van der Waals surface area contributed by atoms with Gasteiger partial charge in [0.05, 0.1) is 16.7 Å². The van der Waals surface area contributed by atoms with Crippen LogP contribution in [0.25, 0.3) is 93.5 Å². The maximum absolute atomic E-state index is 2.72. The monoisotopic (exact) mass is 1210 g/mol. The zero-order chi connectivity index (χ0) is 64.1. The van der Waals surface area contributed by atoms with Gasteiger partial charge in [0.15, 0.2) is 0 Å². The Bertz CT molecular complexity index is 5000. The number of fused-ring (bicyclic) bond motifs is 9. The van der Waals surface area contributed by atoms with E-state index in [1.807, 2.05) is 11.8 Å². The molecule has 0 N–H and O–H groups in total. The highest BCUT2D eigenvalue weighted by atomic mass is 32.2. The van der Waals surface area contributed by atoms with Crippen LogP contribution >= 0.6 is 11.8 Å². The summed E-state index contributed by atoms with van der Waals surface area (Å²) in [5.74, 6) is 0. The molecule has 0 aliphatic carbocycles. The molecule has 13 aromatic rings. The molecule has 0 fully saturated rings. The third kappa shape index (κ3) is 10.1. The van der Waals surface area contributed by atoms with Crippen LogP contribution in [0.15, 0.2) is 240 Å². The fraction of sp³-hybridized carbons (Fsp3) is 0.227. The highest BCUT2D eigenvalue weighted by Crippen LogP contribution is 2.53. The van der Waals surface area contributed by atoms with Crippen molar-refractivity contribution in [3.8, 4) is 50.2 Å². The smallest absolute Gasteiger partial charge is 0.249 e. The van der Waals surface area contributed by atoms with Gasteiger partial charge in [0.2, 0.25) is 6.71 Å². The Hall–Kier alpha value is -8.83. The molecule has 0 spiro atoms. The second-order valence-corrected chi connectivity index (χ2v) is 32.5. The molecular formula is C88H83BN2S. The summed E-state index contributed by atoms with van der Waals surface area (Å²) >= 11 is 1.94. The number of hydrogen-bond acceptors (Lipinski definition) is 2. The minimum atomic E-state index is -0.129. The van der Waals surface area contributed by atoms with Gasteiger partial charge in [-0.1, -0.05) is 309 Å². The van der Waals surface area contributed by atoms with Gasteiger partial charge in [0, 0.05) is 48.8 Å². The lowest BCUT2D eigenvalue weighted by Crippen LogP contribution is -2.60. The van der Waals surface area contributed by atoms with Gasteiger partial charge >= 0.3 is 0 Å². The Morgan fingerprint density at radius 3 is 1.30 bits per heavy atom. The van der Waals surface area contributed by atoms with Gasteiger partial charge in [0.1, 0.15) is 0 Å². The van der Waals surface area contributed by atoms with E-state index in [1.165, 1.54) is 153 Å². The van der Waals surface area contributed by atoms with E-state index >= 15 is 0 Å². The molecule has 454 valence electrons. The van der Waals surface area contributed by atoms with E-state index in [0.717, 1.165) is 11.4 Å². The standard InChI is InChI=1S/C88H83BN2S/c1-84(2,3)60-39-41-77-73(51-60)70-31-20-21-36-76(70)90(77)65-52-79-82-81(53-65)92-80-42-38-57(59-45-63(87(10,11)12)50-64(46-59)88(13,14)15)48-75(80)89(82)74-47-56(58-43-61(85(4,5)6)49-62(44-58)86(7,8)9)37-40-78(74)91(79)83-71(68-32-22-27-54-25-16-18-29-66(54)68)34-24-35-72(83)69-33-23-28-55-26-17-19-30-67(55)69/h16-53H,1-15H3. The molecule has 4 heteroatoms. The molecule has 3 heterocycles. The topological polar surface area (TPSA) is 8.17 Å². The number of anilines is 3. The van der Waals surface area contributed by atoms with E-state index in [1.54, 1.807) is 0 Å². The molecule has 0 bridgehead atoms. The van der Waals surface area contributed by atoms with Crippen LogP contribution in [0.4, 0.5) is 17.1 Å². The summed E-state index contributed by atoms with van der Waals surface area (Å²) in [6, 6.07) is 89.8. The quantitative estimate of drug-likeness (QED) is 0.153. The molecule has 2 aliphatic rings. The van der Waals surface area contributed by atoms with E-state index in [0.29, 0.717) is 0 Å². The summed E-state index contributed by atoms with van der Waals surface area (Å²) in [4.78, 5) is 5.28. The first-order chi connectivity index (χ1) is 43.8. The number of nitrogens with zero attached hydrogens (tertiary/aromatic N) is 2. The normalized spacial score (nSPS) is 13.5. The third-order valence-corrected chi connectivity index (χ3v) is 21.1. The van der Waals surface area contributed by atoms with Crippen LogP contribution in [-0.2, 0) is 27.1 Å². The second kappa shape index (κ2) is 21.4. The Morgan fingerprint density at radius 2 is 0.761 bits per heavy atom. The molecule has 92 heavy (non-hydrogen) atoms. The number of rotatable bonds is 6. The van der Waals surface area contributed by atoms with Crippen LogP contribution in [0.1, 0.15) is 132 Å². The zero-order valence-corrected chi connectivity index (χ0v) is 57.1. The van der Waals surface area contributed by atoms with Crippen LogP contribution in [0.5, 0.6) is 0 Å². The van der Waals surface area contributed by atoms with Gasteiger partial charge in [-0.15, -0.1) is 0 Å². The minimum Gasteiger partial charge on any atom is -0.310 e. The second-order valence-electron chi connectivity index (χ2n) is 31.5. The molecule has 0 unspecified atom stereocenters. The van der Waals surface area contributed by atoms with E-state index < -0.39 is 0 Å². The highest BCUT2D eigenvalue weighted by molar-refractivity contribution is 8.00. The van der Waals surface area contributed by atoms with E-state index in [4.69, 9.17) is 0 Å². The fourth-order valence-electron chi connectivity index (χ4n) is 14.6. The Morgan fingerprint density at radius 1 is 0.304 bits per heavy atom. The number of aromatic nitrogens is 1. The Kier molecular flexibility index (Phi) is 13.8.